The number of para-hydroxylation sites is 1. The van der Waals surface area contributed by atoms with Crippen LogP contribution in [-0.2, 0) is 9.53 Å². The number of non-ortho nitro benzene ring substituents is 1. The van der Waals surface area contributed by atoms with Crippen LogP contribution in [0.4, 0.5) is 27.5 Å². The smallest absolute Gasteiger partial charge is 0.415 e. The number of carboxylic acid groups (broad SMARTS) is 1. The van der Waals surface area contributed by atoms with Crippen molar-refractivity contribution in [1.82, 2.24) is 0 Å². The number of nitro groups is 2. The Bertz CT molecular complexity index is 1690. The fourth-order valence-electron chi connectivity index (χ4n) is 5.34. The molecule has 0 saturated heterocycles. The summed E-state index contributed by atoms with van der Waals surface area (Å²) in [7, 11) is 0. The van der Waals surface area contributed by atoms with Gasteiger partial charge in [-0.25, -0.2) is 9.59 Å². The lowest BCUT2D eigenvalue weighted by atomic mass is 9.98. The summed E-state index contributed by atoms with van der Waals surface area (Å²) in [6.07, 6.45) is -0.823. The predicted molar refractivity (Wildman–Crippen MR) is 166 cm³/mol. The third-order valence-electron chi connectivity index (χ3n) is 7.43. The lowest BCUT2D eigenvalue weighted by molar-refractivity contribution is -0.393. The second-order valence-corrected chi connectivity index (χ2v) is 10.3. The molecule has 0 spiro atoms. The maximum atomic E-state index is 13.8. The van der Waals surface area contributed by atoms with Crippen molar-refractivity contribution in [3.8, 4) is 11.1 Å². The van der Waals surface area contributed by atoms with Gasteiger partial charge in [0.25, 0.3) is 11.4 Å². The minimum Gasteiger partial charge on any atom is -0.480 e. The Morgan fingerprint density at radius 2 is 1.45 bits per heavy atom. The molecule has 1 atom stereocenters. The maximum Gasteiger partial charge on any atom is 0.415 e. The summed E-state index contributed by atoms with van der Waals surface area (Å²) < 4.78 is 5.87. The summed E-state index contributed by atoms with van der Waals surface area (Å²) in [6, 6.07) is 25.4. The third-order valence-corrected chi connectivity index (χ3v) is 7.77. The molecule has 0 heterocycles. The van der Waals surface area contributed by atoms with Crippen molar-refractivity contribution in [3.05, 3.63) is 128 Å². The average molecular weight is 615 g/mol. The van der Waals surface area contributed by atoms with E-state index in [1.165, 1.54) is 0 Å². The average Bonchev–Trinajstić information content (AvgIpc) is 3.35. The summed E-state index contributed by atoms with van der Waals surface area (Å²) in [5.41, 5.74) is 2.92. The van der Waals surface area contributed by atoms with E-state index in [1.54, 1.807) is 30.3 Å². The Hall–Kier alpha value is -5.43. The quantitative estimate of drug-likeness (QED) is 0.0881. The molecule has 4 aromatic rings. The number of amides is 1. The van der Waals surface area contributed by atoms with Gasteiger partial charge in [-0.3, -0.25) is 25.1 Å². The van der Waals surface area contributed by atoms with Gasteiger partial charge in [-0.2, -0.15) is 12.6 Å². The number of aliphatic carboxylic acids is 1. The molecule has 224 valence electrons. The number of ether oxygens (including phenoxy) is 1. The highest BCUT2D eigenvalue weighted by Gasteiger charge is 2.35. The number of thiol groups is 1. The third kappa shape index (κ3) is 5.90. The molecule has 12 nitrogen and oxygen atoms in total. The van der Waals surface area contributed by atoms with Gasteiger partial charge in [-0.1, -0.05) is 66.7 Å². The molecule has 1 amide bonds. The van der Waals surface area contributed by atoms with Crippen LogP contribution >= 0.6 is 12.6 Å². The Labute approximate surface area is 256 Å². The molecule has 0 aromatic heterocycles. The van der Waals surface area contributed by atoms with Crippen LogP contribution in [0.3, 0.4) is 0 Å². The second kappa shape index (κ2) is 12.8. The number of nitro benzene ring substituents is 2. The summed E-state index contributed by atoms with van der Waals surface area (Å²) in [5.74, 6) is -1.91. The van der Waals surface area contributed by atoms with Gasteiger partial charge in [0.15, 0.2) is 0 Å². The molecule has 0 unspecified atom stereocenters. The van der Waals surface area contributed by atoms with E-state index in [0.717, 1.165) is 50.3 Å². The molecule has 13 heteroatoms. The zero-order chi connectivity index (χ0) is 31.4. The first kappa shape index (κ1) is 30.0. The fraction of sp³-hybridized carbons (Fsp3) is 0.161. The number of rotatable bonds is 11. The number of carbonyl (C=O) groups excluding carboxylic acids is 1. The minimum absolute atomic E-state index is 0.0250. The van der Waals surface area contributed by atoms with E-state index in [0.29, 0.717) is 5.69 Å². The Morgan fingerprint density at radius 3 is 2.00 bits per heavy atom. The summed E-state index contributed by atoms with van der Waals surface area (Å²) in [5, 5.41) is 33.4. The van der Waals surface area contributed by atoms with Crippen LogP contribution in [0.2, 0.25) is 0 Å². The molecule has 5 rings (SSSR count). The van der Waals surface area contributed by atoms with Gasteiger partial charge in [-0.15, -0.1) is 0 Å². The van der Waals surface area contributed by atoms with E-state index in [9.17, 15) is 34.9 Å². The highest BCUT2D eigenvalue weighted by Crippen LogP contribution is 2.44. The van der Waals surface area contributed by atoms with Crippen LogP contribution < -0.4 is 9.80 Å². The van der Waals surface area contributed by atoms with Crippen LogP contribution in [0, 0.1) is 20.2 Å². The van der Waals surface area contributed by atoms with Crippen LogP contribution in [0.1, 0.15) is 17.0 Å². The van der Waals surface area contributed by atoms with E-state index in [1.807, 2.05) is 48.5 Å². The number of hydrogen-bond acceptors (Lipinski definition) is 9. The molecule has 44 heavy (non-hydrogen) atoms. The summed E-state index contributed by atoms with van der Waals surface area (Å²) >= 11 is 4.16. The first-order chi connectivity index (χ1) is 21.2. The zero-order valence-electron chi connectivity index (χ0n) is 23.1. The van der Waals surface area contributed by atoms with Crippen molar-refractivity contribution < 1.29 is 29.3 Å². The minimum atomic E-state index is -1.45. The van der Waals surface area contributed by atoms with Crippen LogP contribution in [0.25, 0.3) is 11.1 Å². The number of nitrogens with zero attached hydrogens (tertiary/aromatic N) is 4. The summed E-state index contributed by atoms with van der Waals surface area (Å²) in [6.45, 7) is -0.528. The molecular formula is C31H26N4O8S. The van der Waals surface area contributed by atoms with Crippen molar-refractivity contribution in [1.29, 1.82) is 0 Å². The lowest BCUT2D eigenvalue weighted by Crippen LogP contribution is -2.51. The maximum absolute atomic E-state index is 13.8. The molecule has 1 aliphatic carbocycles. The van der Waals surface area contributed by atoms with Crippen LogP contribution in [-0.4, -0.2) is 52.1 Å². The molecule has 1 N–H and O–H groups in total. The first-order valence-corrected chi connectivity index (χ1v) is 14.0. The van der Waals surface area contributed by atoms with Crippen molar-refractivity contribution in [3.63, 3.8) is 0 Å². The van der Waals surface area contributed by atoms with E-state index >= 15 is 0 Å². The first-order valence-electron chi connectivity index (χ1n) is 13.4. The van der Waals surface area contributed by atoms with Crippen molar-refractivity contribution >= 4 is 47.4 Å². The molecular weight excluding hydrogens is 588 g/mol. The van der Waals surface area contributed by atoms with E-state index in [-0.39, 0.29) is 24.0 Å². The second-order valence-electron chi connectivity index (χ2n) is 9.90. The Kier molecular flexibility index (Phi) is 8.76. The van der Waals surface area contributed by atoms with Gasteiger partial charge >= 0.3 is 12.1 Å². The molecule has 4 aromatic carbocycles. The molecule has 1 aliphatic rings. The van der Waals surface area contributed by atoms with Gasteiger partial charge in [0, 0.05) is 23.4 Å². The topological polar surface area (TPSA) is 156 Å². The van der Waals surface area contributed by atoms with Crippen LogP contribution in [0.15, 0.2) is 97.1 Å². The van der Waals surface area contributed by atoms with E-state index in [4.69, 9.17) is 4.74 Å². The highest BCUT2D eigenvalue weighted by atomic mass is 32.1. The Morgan fingerprint density at radius 1 is 0.864 bits per heavy atom. The van der Waals surface area contributed by atoms with Crippen molar-refractivity contribution in [2.24, 2.45) is 0 Å². The van der Waals surface area contributed by atoms with Crippen LogP contribution in [0.5, 0.6) is 0 Å². The number of anilines is 2. The van der Waals surface area contributed by atoms with Crippen molar-refractivity contribution in [2.75, 3.05) is 28.8 Å². The van der Waals surface area contributed by atoms with Gasteiger partial charge < -0.3 is 14.7 Å². The molecule has 0 aliphatic heterocycles. The SMILES string of the molecule is O=C(O)[C@@H](CS)N(CN(C(=O)OCC1c2ccccc2-c2ccccc21)c1ccccc1)c1ccc([N+](=O)[O-])cc1[N+](=O)[O-]. The highest BCUT2D eigenvalue weighted by molar-refractivity contribution is 7.80. The van der Waals surface area contributed by atoms with E-state index < -0.39 is 46.0 Å². The number of carboxylic acids is 1. The molecule has 0 saturated carbocycles. The number of hydrogen-bond donors (Lipinski definition) is 2. The normalized spacial score (nSPS) is 12.5. The zero-order valence-corrected chi connectivity index (χ0v) is 23.9. The number of fused-ring (bicyclic) bond motifs is 3. The van der Waals surface area contributed by atoms with Gasteiger partial charge in [0.1, 0.15) is 25.0 Å². The van der Waals surface area contributed by atoms with Gasteiger partial charge in [-0.05, 0) is 40.5 Å². The summed E-state index contributed by atoms with van der Waals surface area (Å²) in [4.78, 5) is 50.1. The number of carbonyl (C=O) groups is 2. The number of benzene rings is 4. The van der Waals surface area contributed by atoms with Gasteiger partial charge in [0.05, 0.1) is 15.9 Å². The predicted octanol–water partition coefficient (Wildman–Crippen LogP) is 6.11. The monoisotopic (exact) mass is 614 g/mol. The van der Waals surface area contributed by atoms with E-state index in [2.05, 4.69) is 12.6 Å². The van der Waals surface area contributed by atoms with Crippen molar-refractivity contribution in [2.45, 2.75) is 12.0 Å². The van der Waals surface area contributed by atoms with Gasteiger partial charge in [0.2, 0.25) is 0 Å². The largest absolute Gasteiger partial charge is 0.480 e. The fourth-order valence-corrected chi connectivity index (χ4v) is 5.70. The molecule has 0 bridgehead atoms. The molecule has 0 fully saturated rings. The standard InChI is InChI=1S/C31H26N4O8S/c36-30(37)29(18-44)33(27-15-14-21(34(39)40)16-28(27)35(41)42)19-32(20-8-2-1-3-9-20)31(38)43-17-26-24-12-6-4-10-22(24)23-11-5-7-13-25(23)26/h1-16,26,29,44H,17-19H2,(H,36,37)/t29-/m1/s1. The Balaban J connectivity index is 1.51. The lowest BCUT2D eigenvalue weighted by Gasteiger charge is -2.34. The molecule has 0 radical (unpaired) electrons.